The van der Waals surface area contributed by atoms with Crippen LogP contribution in [0, 0.1) is 10.8 Å². The van der Waals surface area contributed by atoms with Gasteiger partial charge in [0.2, 0.25) is 0 Å². The molecule has 4 nitrogen and oxygen atoms in total. The average Bonchev–Trinajstić information content (AvgIpc) is 2.00. The summed E-state index contributed by atoms with van der Waals surface area (Å²) in [4.78, 5) is 14.9. The maximum Gasteiger partial charge on any atom is 0.347 e. The summed E-state index contributed by atoms with van der Waals surface area (Å²) >= 11 is 0. The molecule has 84 valence electrons. The highest BCUT2D eigenvalue weighted by molar-refractivity contribution is 5.75. The van der Waals surface area contributed by atoms with Gasteiger partial charge in [0.15, 0.2) is 0 Å². The quantitative estimate of drug-likeness (QED) is 0.529. The monoisotopic (exact) mass is 204 g/mol. The highest BCUT2D eigenvalue weighted by Gasteiger charge is 2.36. The fourth-order valence-corrected chi connectivity index (χ4v) is 1.78. The zero-order valence-electron chi connectivity index (χ0n) is 9.33. The Hall–Kier alpha value is -0.610. The van der Waals surface area contributed by atoms with Crippen LogP contribution in [0.1, 0.15) is 40.5 Å². The maximum atomic E-state index is 11.2. The third kappa shape index (κ3) is 4.07. The Morgan fingerprint density at radius 1 is 1.29 bits per heavy atom. The second-order valence-electron chi connectivity index (χ2n) is 5.08. The molecule has 14 heavy (non-hydrogen) atoms. The largest absolute Gasteiger partial charge is 0.396 e. The Morgan fingerprint density at radius 3 is 2.14 bits per heavy atom. The van der Waals surface area contributed by atoms with Gasteiger partial charge in [-0.25, -0.2) is 4.79 Å². The molecule has 0 radical (unpaired) electrons. The number of aliphatic hydroxyl groups excluding tert-OH is 1. The lowest BCUT2D eigenvalue weighted by atomic mass is 9.73. The normalized spacial score (nSPS) is 12.7. The molecule has 0 bridgehead atoms. The molecular formula is C10H20O4. The molecule has 0 rings (SSSR count). The van der Waals surface area contributed by atoms with Crippen molar-refractivity contribution in [2.45, 2.75) is 40.5 Å². The molecule has 0 aromatic carbocycles. The molecule has 2 N–H and O–H groups in total. The molecule has 0 atom stereocenters. The van der Waals surface area contributed by atoms with Gasteiger partial charge in [-0.05, 0) is 32.1 Å². The van der Waals surface area contributed by atoms with E-state index in [-0.39, 0.29) is 12.0 Å². The summed E-state index contributed by atoms with van der Waals surface area (Å²) in [6, 6.07) is 0. The lowest BCUT2D eigenvalue weighted by Gasteiger charge is -2.31. The van der Waals surface area contributed by atoms with E-state index >= 15 is 0 Å². The maximum absolute atomic E-state index is 11.2. The van der Waals surface area contributed by atoms with E-state index in [9.17, 15) is 4.79 Å². The van der Waals surface area contributed by atoms with Crippen LogP contribution >= 0.6 is 0 Å². The van der Waals surface area contributed by atoms with Gasteiger partial charge in [-0.15, -0.1) is 0 Å². The third-order valence-corrected chi connectivity index (χ3v) is 2.34. The van der Waals surface area contributed by atoms with Crippen LogP contribution in [0.3, 0.4) is 0 Å². The number of rotatable bonds is 5. The van der Waals surface area contributed by atoms with E-state index in [2.05, 4.69) is 4.89 Å². The van der Waals surface area contributed by atoms with Crippen LogP contribution in [-0.2, 0) is 9.68 Å². The van der Waals surface area contributed by atoms with Crippen molar-refractivity contribution in [3.63, 3.8) is 0 Å². The van der Waals surface area contributed by atoms with Crippen LogP contribution in [0.25, 0.3) is 0 Å². The van der Waals surface area contributed by atoms with E-state index in [1.165, 1.54) is 0 Å². The van der Waals surface area contributed by atoms with Gasteiger partial charge in [-0.1, -0.05) is 13.8 Å². The number of hydrogen-bond acceptors (Lipinski definition) is 4. The first-order chi connectivity index (χ1) is 6.25. The summed E-state index contributed by atoms with van der Waals surface area (Å²) in [5.74, 6) is -0.636. The van der Waals surface area contributed by atoms with Crippen molar-refractivity contribution in [1.29, 1.82) is 0 Å². The fourth-order valence-electron chi connectivity index (χ4n) is 1.78. The van der Waals surface area contributed by atoms with Crippen LogP contribution in [0.2, 0.25) is 0 Å². The van der Waals surface area contributed by atoms with Crippen LogP contribution in [0.5, 0.6) is 0 Å². The predicted molar refractivity (Wildman–Crippen MR) is 52.6 cm³/mol. The lowest BCUT2D eigenvalue weighted by molar-refractivity contribution is -0.245. The standard InChI is InChI=1S/C10H20O4/c1-9(2,5-6-11)7-10(3,4)8(12)14-13/h11,13H,5-7H2,1-4H3. The summed E-state index contributed by atoms with van der Waals surface area (Å²) < 4.78 is 0. The first kappa shape index (κ1) is 13.4. The molecule has 0 aromatic rings. The summed E-state index contributed by atoms with van der Waals surface area (Å²) in [7, 11) is 0. The summed E-state index contributed by atoms with van der Waals surface area (Å²) in [5, 5.41) is 17.1. The summed E-state index contributed by atoms with van der Waals surface area (Å²) in [6.07, 6.45) is 1.18. The van der Waals surface area contributed by atoms with E-state index in [0.717, 1.165) is 0 Å². The Balaban J connectivity index is 4.41. The van der Waals surface area contributed by atoms with E-state index in [1.807, 2.05) is 13.8 Å². The summed E-state index contributed by atoms with van der Waals surface area (Å²) in [6.45, 7) is 7.46. The predicted octanol–water partition coefficient (Wildman–Crippen LogP) is 1.83. The van der Waals surface area contributed by atoms with Gasteiger partial charge in [0.05, 0.1) is 5.41 Å². The molecular weight excluding hydrogens is 184 g/mol. The van der Waals surface area contributed by atoms with Gasteiger partial charge in [0, 0.05) is 6.61 Å². The molecule has 0 spiro atoms. The molecule has 0 saturated heterocycles. The Kier molecular flexibility index (Phi) is 4.55. The van der Waals surface area contributed by atoms with Crippen molar-refractivity contribution in [3.05, 3.63) is 0 Å². The van der Waals surface area contributed by atoms with Crippen LogP contribution in [-0.4, -0.2) is 22.9 Å². The van der Waals surface area contributed by atoms with E-state index < -0.39 is 11.4 Å². The van der Waals surface area contributed by atoms with Crippen molar-refractivity contribution in [2.24, 2.45) is 10.8 Å². The van der Waals surface area contributed by atoms with Crippen molar-refractivity contribution in [1.82, 2.24) is 0 Å². The smallest absolute Gasteiger partial charge is 0.347 e. The minimum absolute atomic E-state index is 0.0945. The molecule has 0 aliphatic heterocycles. The minimum Gasteiger partial charge on any atom is -0.396 e. The number of aliphatic hydroxyl groups is 1. The average molecular weight is 204 g/mol. The highest BCUT2D eigenvalue weighted by atomic mass is 17.1. The van der Waals surface area contributed by atoms with Crippen LogP contribution in [0.15, 0.2) is 0 Å². The summed E-state index contributed by atoms with van der Waals surface area (Å²) in [5.41, 5.74) is -0.875. The minimum atomic E-state index is -0.729. The van der Waals surface area contributed by atoms with Crippen molar-refractivity contribution in [2.75, 3.05) is 6.61 Å². The number of hydrogen-bond donors (Lipinski definition) is 2. The lowest BCUT2D eigenvalue weighted by Crippen LogP contribution is -2.32. The number of carbonyl (C=O) groups is 1. The van der Waals surface area contributed by atoms with E-state index in [4.69, 9.17) is 10.4 Å². The highest BCUT2D eigenvalue weighted by Crippen LogP contribution is 2.36. The Morgan fingerprint density at radius 2 is 1.79 bits per heavy atom. The first-order valence-electron chi connectivity index (χ1n) is 4.72. The van der Waals surface area contributed by atoms with Gasteiger partial charge in [-0.2, -0.15) is 5.26 Å². The zero-order valence-corrected chi connectivity index (χ0v) is 9.33. The fraction of sp³-hybridized carbons (Fsp3) is 0.900. The molecule has 0 aliphatic carbocycles. The van der Waals surface area contributed by atoms with Gasteiger partial charge in [-0.3, -0.25) is 0 Å². The molecule has 0 fully saturated rings. The SMILES string of the molecule is CC(C)(CCO)CC(C)(C)C(=O)OO. The van der Waals surface area contributed by atoms with Crippen molar-refractivity contribution in [3.8, 4) is 0 Å². The van der Waals surface area contributed by atoms with E-state index in [0.29, 0.717) is 12.8 Å². The molecule has 4 heteroatoms. The van der Waals surface area contributed by atoms with Crippen molar-refractivity contribution < 1.29 is 20.0 Å². The van der Waals surface area contributed by atoms with Crippen LogP contribution < -0.4 is 0 Å². The Labute approximate surface area is 84.8 Å². The van der Waals surface area contributed by atoms with Crippen LogP contribution in [0.4, 0.5) is 0 Å². The van der Waals surface area contributed by atoms with Gasteiger partial charge >= 0.3 is 5.97 Å². The third-order valence-electron chi connectivity index (χ3n) is 2.34. The zero-order chi connectivity index (χ0) is 11.4. The van der Waals surface area contributed by atoms with Crippen molar-refractivity contribution >= 4 is 5.97 Å². The molecule has 0 aliphatic rings. The Bertz CT molecular complexity index is 196. The second-order valence-corrected chi connectivity index (χ2v) is 5.08. The topological polar surface area (TPSA) is 66.8 Å². The van der Waals surface area contributed by atoms with Gasteiger partial charge in [0.25, 0.3) is 0 Å². The molecule has 0 unspecified atom stereocenters. The number of carbonyl (C=O) groups excluding carboxylic acids is 1. The van der Waals surface area contributed by atoms with E-state index in [1.54, 1.807) is 13.8 Å². The first-order valence-corrected chi connectivity index (χ1v) is 4.72. The molecule has 0 saturated carbocycles. The second kappa shape index (κ2) is 4.75. The van der Waals surface area contributed by atoms with Gasteiger partial charge in [0.1, 0.15) is 0 Å². The molecule has 0 amide bonds. The molecule has 0 heterocycles. The van der Waals surface area contributed by atoms with Gasteiger partial charge < -0.3 is 9.99 Å². The molecule has 0 aromatic heterocycles.